The van der Waals surface area contributed by atoms with E-state index in [1.807, 2.05) is 0 Å². The minimum atomic E-state index is -0.280. The van der Waals surface area contributed by atoms with Gasteiger partial charge in [-0.25, -0.2) is 0 Å². The Labute approximate surface area is 106 Å². The smallest absolute Gasteiger partial charge is 0.271 e. The van der Waals surface area contributed by atoms with Crippen molar-refractivity contribution >= 4 is 11.7 Å². The SMILES string of the molecule is CNC(=O)c1ccc(NC(CCO)COC)nn1. The number of aliphatic hydroxyl groups excluding tert-OH is 1. The number of aromatic nitrogens is 2. The van der Waals surface area contributed by atoms with Gasteiger partial charge in [-0.3, -0.25) is 4.79 Å². The summed E-state index contributed by atoms with van der Waals surface area (Å²) in [5, 5.41) is 22.1. The monoisotopic (exact) mass is 254 g/mol. The molecule has 18 heavy (non-hydrogen) atoms. The van der Waals surface area contributed by atoms with Gasteiger partial charge in [0, 0.05) is 20.8 Å². The molecule has 3 N–H and O–H groups in total. The van der Waals surface area contributed by atoms with E-state index in [4.69, 9.17) is 9.84 Å². The molecule has 0 aliphatic rings. The molecule has 1 heterocycles. The summed E-state index contributed by atoms with van der Waals surface area (Å²) in [6, 6.07) is 3.20. The van der Waals surface area contributed by atoms with Gasteiger partial charge in [-0.05, 0) is 18.6 Å². The molecule has 7 heteroatoms. The maximum atomic E-state index is 11.3. The summed E-state index contributed by atoms with van der Waals surface area (Å²) in [4.78, 5) is 11.3. The number of rotatable bonds is 7. The minimum absolute atomic E-state index is 0.0415. The van der Waals surface area contributed by atoms with Crippen LogP contribution in [0.2, 0.25) is 0 Å². The molecular formula is C11H18N4O3. The average Bonchev–Trinajstić information content (AvgIpc) is 2.39. The van der Waals surface area contributed by atoms with Crippen molar-refractivity contribution in [2.45, 2.75) is 12.5 Å². The number of hydrogen-bond donors (Lipinski definition) is 3. The maximum Gasteiger partial charge on any atom is 0.271 e. The van der Waals surface area contributed by atoms with Gasteiger partial charge in [0.1, 0.15) is 5.82 Å². The van der Waals surface area contributed by atoms with Gasteiger partial charge in [0.15, 0.2) is 5.69 Å². The van der Waals surface area contributed by atoms with Crippen molar-refractivity contribution in [1.29, 1.82) is 0 Å². The highest BCUT2D eigenvalue weighted by molar-refractivity contribution is 5.91. The highest BCUT2D eigenvalue weighted by Gasteiger charge is 2.10. The van der Waals surface area contributed by atoms with Crippen LogP contribution in [0.5, 0.6) is 0 Å². The summed E-state index contributed by atoms with van der Waals surface area (Å²) < 4.78 is 5.02. The van der Waals surface area contributed by atoms with E-state index in [0.29, 0.717) is 18.8 Å². The molecule has 1 aromatic rings. The van der Waals surface area contributed by atoms with Gasteiger partial charge >= 0.3 is 0 Å². The molecule has 1 amide bonds. The third-order valence-electron chi connectivity index (χ3n) is 2.32. The van der Waals surface area contributed by atoms with Gasteiger partial charge in [-0.2, -0.15) is 0 Å². The Balaban J connectivity index is 2.63. The van der Waals surface area contributed by atoms with Crippen molar-refractivity contribution in [3.8, 4) is 0 Å². The molecule has 1 aromatic heterocycles. The summed E-state index contributed by atoms with van der Waals surface area (Å²) in [6.07, 6.45) is 0.548. The number of carbonyl (C=O) groups is 1. The van der Waals surface area contributed by atoms with Crippen LogP contribution in [0, 0.1) is 0 Å². The van der Waals surface area contributed by atoms with Crippen LogP contribution in [-0.4, -0.2) is 54.6 Å². The molecule has 0 bridgehead atoms. The number of aliphatic hydroxyl groups is 1. The fraction of sp³-hybridized carbons (Fsp3) is 0.545. The van der Waals surface area contributed by atoms with Crippen molar-refractivity contribution in [3.63, 3.8) is 0 Å². The normalized spacial score (nSPS) is 11.9. The van der Waals surface area contributed by atoms with Crippen LogP contribution in [0.15, 0.2) is 12.1 Å². The molecule has 0 saturated heterocycles. The van der Waals surface area contributed by atoms with Gasteiger partial charge in [0.2, 0.25) is 0 Å². The van der Waals surface area contributed by atoms with Crippen molar-refractivity contribution in [1.82, 2.24) is 15.5 Å². The van der Waals surface area contributed by atoms with E-state index in [1.165, 1.54) is 7.05 Å². The van der Waals surface area contributed by atoms with E-state index in [9.17, 15) is 4.79 Å². The van der Waals surface area contributed by atoms with Crippen molar-refractivity contribution in [2.24, 2.45) is 0 Å². The van der Waals surface area contributed by atoms with Crippen LogP contribution < -0.4 is 10.6 Å². The van der Waals surface area contributed by atoms with Gasteiger partial charge in [0.25, 0.3) is 5.91 Å². The molecule has 1 unspecified atom stereocenters. The fourth-order valence-electron chi connectivity index (χ4n) is 1.42. The Kier molecular flexibility index (Phi) is 6.03. The maximum absolute atomic E-state index is 11.3. The summed E-state index contributed by atoms with van der Waals surface area (Å²) in [7, 11) is 3.12. The molecule has 1 atom stereocenters. The topological polar surface area (TPSA) is 96.4 Å². The molecule has 0 spiro atoms. The molecule has 0 radical (unpaired) electrons. The quantitative estimate of drug-likeness (QED) is 0.615. The Morgan fingerprint density at radius 3 is 2.78 bits per heavy atom. The van der Waals surface area contributed by atoms with Gasteiger partial charge in [0.05, 0.1) is 12.6 Å². The Morgan fingerprint density at radius 2 is 2.28 bits per heavy atom. The van der Waals surface area contributed by atoms with Crippen LogP contribution in [0.4, 0.5) is 5.82 Å². The van der Waals surface area contributed by atoms with Gasteiger partial charge < -0.3 is 20.5 Å². The van der Waals surface area contributed by atoms with Crippen molar-refractivity contribution < 1.29 is 14.6 Å². The van der Waals surface area contributed by atoms with E-state index in [2.05, 4.69) is 20.8 Å². The number of carbonyl (C=O) groups excluding carboxylic acids is 1. The van der Waals surface area contributed by atoms with Gasteiger partial charge in [-0.15, -0.1) is 10.2 Å². The Morgan fingerprint density at radius 1 is 1.50 bits per heavy atom. The lowest BCUT2D eigenvalue weighted by atomic mass is 10.2. The van der Waals surface area contributed by atoms with Crippen molar-refractivity contribution in [2.75, 3.05) is 32.7 Å². The second kappa shape index (κ2) is 7.57. The second-order valence-electron chi connectivity index (χ2n) is 3.69. The van der Waals surface area contributed by atoms with E-state index in [-0.39, 0.29) is 24.2 Å². The first-order valence-electron chi connectivity index (χ1n) is 5.63. The zero-order valence-electron chi connectivity index (χ0n) is 10.5. The first kappa shape index (κ1) is 14.3. The molecule has 0 fully saturated rings. The summed E-state index contributed by atoms with van der Waals surface area (Å²) in [5.74, 6) is 0.260. The largest absolute Gasteiger partial charge is 0.396 e. The number of anilines is 1. The van der Waals surface area contributed by atoms with Crippen LogP contribution in [-0.2, 0) is 4.74 Å². The molecule has 0 aliphatic carbocycles. The summed E-state index contributed by atoms with van der Waals surface area (Å²) in [5.41, 5.74) is 0.258. The number of hydrogen-bond acceptors (Lipinski definition) is 6. The Bertz CT molecular complexity index is 363. The fourth-order valence-corrected chi connectivity index (χ4v) is 1.42. The highest BCUT2D eigenvalue weighted by atomic mass is 16.5. The first-order valence-corrected chi connectivity index (χ1v) is 5.63. The second-order valence-corrected chi connectivity index (χ2v) is 3.69. The molecule has 100 valence electrons. The number of amides is 1. The zero-order chi connectivity index (χ0) is 13.4. The van der Waals surface area contributed by atoms with Crippen LogP contribution in [0.25, 0.3) is 0 Å². The number of nitrogens with zero attached hydrogens (tertiary/aromatic N) is 2. The van der Waals surface area contributed by atoms with Crippen LogP contribution in [0.3, 0.4) is 0 Å². The third kappa shape index (κ3) is 4.27. The lowest BCUT2D eigenvalue weighted by molar-refractivity contribution is 0.0957. The number of methoxy groups -OCH3 is 1. The number of ether oxygens (including phenoxy) is 1. The average molecular weight is 254 g/mol. The van der Waals surface area contributed by atoms with Crippen LogP contribution >= 0.6 is 0 Å². The lowest BCUT2D eigenvalue weighted by Crippen LogP contribution is -2.27. The predicted octanol–water partition coefficient (Wildman–Crippen LogP) is -0.355. The predicted molar refractivity (Wildman–Crippen MR) is 66.4 cm³/mol. The molecule has 7 nitrogen and oxygen atoms in total. The minimum Gasteiger partial charge on any atom is -0.396 e. The highest BCUT2D eigenvalue weighted by Crippen LogP contribution is 2.06. The zero-order valence-corrected chi connectivity index (χ0v) is 10.5. The number of nitrogens with one attached hydrogen (secondary N) is 2. The standard InChI is InChI=1S/C11H18N4O3/c1-12-11(17)9-3-4-10(15-14-9)13-8(5-6-16)7-18-2/h3-4,8,16H,5-7H2,1-2H3,(H,12,17)(H,13,15). The van der Waals surface area contributed by atoms with Gasteiger partial charge in [-0.1, -0.05) is 0 Å². The van der Waals surface area contributed by atoms with E-state index in [1.54, 1.807) is 19.2 Å². The van der Waals surface area contributed by atoms with E-state index >= 15 is 0 Å². The first-order chi connectivity index (χ1) is 8.71. The van der Waals surface area contributed by atoms with Crippen LogP contribution in [0.1, 0.15) is 16.9 Å². The molecule has 0 aliphatic heterocycles. The molecule has 1 rings (SSSR count). The van der Waals surface area contributed by atoms with E-state index < -0.39 is 0 Å². The lowest BCUT2D eigenvalue weighted by Gasteiger charge is -2.16. The Hall–Kier alpha value is -1.73. The summed E-state index contributed by atoms with van der Waals surface area (Å²) >= 11 is 0. The molecule has 0 saturated carbocycles. The molecular weight excluding hydrogens is 236 g/mol. The van der Waals surface area contributed by atoms with Crippen molar-refractivity contribution in [3.05, 3.63) is 17.8 Å². The van der Waals surface area contributed by atoms with E-state index in [0.717, 1.165) is 0 Å². The molecule has 0 aromatic carbocycles. The third-order valence-corrected chi connectivity index (χ3v) is 2.32. The summed E-state index contributed by atoms with van der Waals surface area (Å²) in [6.45, 7) is 0.518.